The average Bonchev–Trinajstić information content (AvgIpc) is 3.11. The lowest BCUT2D eigenvalue weighted by molar-refractivity contribution is 0.112. The van der Waals surface area contributed by atoms with Crippen molar-refractivity contribution in [3.05, 3.63) is 71.4 Å². The van der Waals surface area contributed by atoms with Crippen LogP contribution in [0.4, 0.5) is 0 Å². The molecular formula is C24H30N4O. The van der Waals surface area contributed by atoms with Gasteiger partial charge in [0.25, 0.3) is 0 Å². The Labute approximate surface area is 173 Å². The summed E-state index contributed by atoms with van der Waals surface area (Å²) < 4.78 is 1.87. The van der Waals surface area contributed by atoms with E-state index < -0.39 is 0 Å². The number of hydrogen-bond acceptors (Lipinski definition) is 4. The van der Waals surface area contributed by atoms with Gasteiger partial charge in [-0.3, -0.25) is 4.79 Å². The van der Waals surface area contributed by atoms with Crippen LogP contribution in [0.2, 0.25) is 0 Å². The van der Waals surface area contributed by atoms with E-state index in [1.54, 1.807) is 6.07 Å². The number of nitrogens with zero attached hydrogens (tertiary/aromatic N) is 4. The van der Waals surface area contributed by atoms with Gasteiger partial charge < -0.3 is 9.80 Å². The van der Waals surface area contributed by atoms with Crippen molar-refractivity contribution in [1.82, 2.24) is 19.6 Å². The van der Waals surface area contributed by atoms with Crippen LogP contribution in [0.5, 0.6) is 0 Å². The summed E-state index contributed by atoms with van der Waals surface area (Å²) in [6.07, 6.45) is 5.16. The Morgan fingerprint density at radius 3 is 2.41 bits per heavy atom. The van der Waals surface area contributed by atoms with Crippen molar-refractivity contribution in [2.45, 2.75) is 19.4 Å². The SMILES string of the molecule is CN(C)CCCc1ccc(-c2nn(-c3cccc(C=O)c3)cc2CN(C)C)cc1. The van der Waals surface area contributed by atoms with Gasteiger partial charge in [-0.05, 0) is 65.3 Å². The van der Waals surface area contributed by atoms with Crippen LogP contribution in [0.1, 0.15) is 27.9 Å². The minimum Gasteiger partial charge on any atom is -0.309 e. The van der Waals surface area contributed by atoms with Crippen LogP contribution >= 0.6 is 0 Å². The predicted molar refractivity (Wildman–Crippen MR) is 119 cm³/mol. The summed E-state index contributed by atoms with van der Waals surface area (Å²) in [5, 5.41) is 4.86. The van der Waals surface area contributed by atoms with Crippen molar-refractivity contribution in [2.24, 2.45) is 0 Å². The molecule has 0 unspecified atom stereocenters. The summed E-state index contributed by atoms with van der Waals surface area (Å²) in [5.74, 6) is 0. The summed E-state index contributed by atoms with van der Waals surface area (Å²) in [7, 11) is 8.33. The van der Waals surface area contributed by atoms with Gasteiger partial charge in [-0.1, -0.05) is 36.4 Å². The highest BCUT2D eigenvalue weighted by atomic mass is 16.1. The Hall–Kier alpha value is -2.76. The molecule has 0 aliphatic heterocycles. The van der Waals surface area contributed by atoms with Gasteiger partial charge in [0.15, 0.2) is 0 Å². The van der Waals surface area contributed by atoms with Crippen LogP contribution in [0.15, 0.2) is 54.7 Å². The number of hydrogen-bond donors (Lipinski definition) is 0. The van der Waals surface area contributed by atoms with E-state index in [1.165, 1.54) is 5.56 Å². The minimum atomic E-state index is 0.649. The summed E-state index contributed by atoms with van der Waals surface area (Å²) in [6.45, 7) is 1.90. The van der Waals surface area contributed by atoms with E-state index >= 15 is 0 Å². The molecule has 0 aliphatic carbocycles. The Morgan fingerprint density at radius 1 is 1.00 bits per heavy atom. The molecule has 0 atom stereocenters. The molecule has 2 aromatic carbocycles. The van der Waals surface area contributed by atoms with Crippen molar-refractivity contribution in [2.75, 3.05) is 34.7 Å². The molecule has 5 nitrogen and oxygen atoms in total. The first-order chi connectivity index (χ1) is 14.0. The zero-order valence-electron chi connectivity index (χ0n) is 17.8. The normalized spacial score (nSPS) is 11.4. The molecule has 29 heavy (non-hydrogen) atoms. The predicted octanol–water partition coefficient (Wildman–Crippen LogP) is 3.91. The van der Waals surface area contributed by atoms with Gasteiger partial charge in [0.2, 0.25) is 0 Å². The molecule has 0 radical (unpaired) electrons. The number of rotatable bonds is 9. The largest absolute Gasteiger partial charge is 0.309 e. The highest BCUT2D eigenvalue weighted by Gasteiger charge is 2.13. The van der Waals surface area contributed by atoms with Gasteiger partial charge in [0, 0.05) is 29.4 Å². The smallest absolute Gasteiger partial charge is 0.150 e. The monoisotopic (exact) mass is 390 g/mol. The molecule has 0 bridgehead atoms. The Morgan fingerprint density at radius 2 is 1.76 bits per heavy atom. The molecule has 0 amide bonds. The van der Waals surface area contributed by atoms with Gasteiger partial charge in [0.05, 0.1) is 11.4 Å². The third-order valence-electron chi connectivity index (χ3n) is 4.85. The van der Waals surface area contributed by atoms with Crippen molar-refractivity contribution < 1.29 is 4.79 Å². The van der Waals surface area contributed by atoms with Gasteiger partial charge >= 0.3 is 0 Å². The molecule has 0 saturated carbocycles. The molecular weight excluding hydrogens is 360 g/mol. The fraction of sp³-hybridized carbons (Fsp3) is 0.333. The quantitative estimate of drug-likeness (QED) is 0.520. The van der Waals surface area contributed by atoms with Crippen molar-refractivity contribution in [1.29, 1.82) is 0 Å². The van der Waals surface area contributed by atoms with E-state index in [0.29, 0.717) is 5.56 Å². The second-order valence-corrected chi connectivity index (χ2v) is 8.00. The van der Waals surface area contributed by atoms with E-state index in [-0.39, 0.29) is 0 Å². The first-order valence-electron chi connectivity index (χ1n) is 9.99. The summed E-state index contributed by atoms with van der Waals surface area (Å²) in [6, 6.07) is 16.3. The van der Waals surface area contributed by atoms with Crippen LogP contribution in [-0.4, -0.2) is 60.6 Å². The van der Waals surface area contributed by atoms with Crippen molar-refractivity contribution in [3.8, 4) is 16.9 Å². The van der Waals surface area contributed by atoms with Crippen LogP contribution in [-0.2, 0) is 13.0 Å². The lowest BCUT2D eigenvalue weighted by atomic mass is 10.0. The first-order valence-corrected chi connectivity index (χ1v) is 9.99. The lowest BCUT2D eigenvalue weighted by Crippen LogP contribution is -2.13. The standard InChI is InChI=1S/C24H30N4O/c1-26(2)14-6-8-19-10-12-21(13-11-19)24-22(16-27(3)4)17-28(25-24)23-9-5-7-20(15-23)18-29/h5,7,9-13,15,17-18H,6,8,14,16H2,1-4H3. The summed E-state index contributed by atoms with van der Waals surface area (Å²) >= 11 is 0. The number of aromatic nitrogens is 2. The molecule has 3 rings (SSSR count). The number of aldehydes is 1. The summed E-state index contributed by atoms with van der Waals surface area (Å²) in [4.78, 5) is 15.5. The van der Waals surface area contributed by atoms with Crippen LogP contribution in [0, 0.1) is 0 Å². The number of benzene rings is 2. The molecule has 0 saturated heterocycles. The molecule has 0 fully saturated rings. The van der Waals surface area contributed by atoms with Gasteiger partial charge in [0.1, 0.15) is 6.29 Å². The molecule has 3 aromatic rings. The van der Waals surface area contributed by atoms with Gasteiger partial charge in [-0.15, -0.1) is 0 Å². The summed E-state index contributed by atoms with van der Waals surface area (Å²) in [5.41, 5.74) is 6.14. The van der Waals surface area contributed by atoms with E-state index in [0.717, 1.165) is 54.7 Å². The molecule has 0 N–H and O–H groups in total. The molecule has 1 aromatic heterocycles. The number of aryl methyl sites for hydroxylation is 1. The number of carbonyl (C=O) groups excluding carboxylic acids is 1. The molecule has 5 heteroatoms. The Kier molecular flexibility index (Phi) is 6.96. The fourth-order valence-electron chi connectivity index (χ4n) is 3.41. The average molecular weight is 391 g/mol. The maximum absolute atomic E-state index is 11.1. The number of carbonyl (C=O) groups is 1. The van der Waals surface area contributed by atoms with E-state index in [2.05, 4.69) is 68.5 Å². The van der Waals surface area contributed by atoms with E-state index in [4.69, 9.17) is 5.10 Å². The second-order valence-electron chi connectivity index (χ2n) is 8.00. The van der Waals surface area contributed by atoms with E-state index in [9.17, 15) is 4.79 Å². The zero-order chi connectivity index (χ0) is 20.8. The van der Waals surface area contributed by atoms with Crippen molar-refractivity contribution in [3.63, 3.8) is 0 Å². The highest BCUT2D eigenvalue weighted by molar-refractivity contribution is 5.76. The van der Waals surface area contributed by atoms with Crippen LogP contribution in [0.25, 0.3) is 16.9 Å². The Bertz CT molecular complexity index is 942. The zero-order valence-corrected chi connectivity index (χ0v) is 17.8. The van der Waals surface area contributed by atoms with Gasteiger partial charge in [-0.25, -0.2) is 4.68 Å². The fourth-order valence-corrected chi connectivity index (χ4v) is 3.41. The second kappa shape index (κ2) is 9.63. The minimum absolute atomic E-state index is 0.649. The maximum atomic E-state index is 11.1. The molecule has 152 valence electrons. The topological polar surface area (TPSA) is 41.4 Å². The molecule has 0 spiro atoms. The molecule has 0 aliphatic rings. The highest BCUT2D eigenvalue weighted by Crippen LogP contribution is 2.25. The first kappa shape index (κ1) is 21.0. The molecule has 1 heterocycles. The van der Waals surface area contributed by atoms with Crippen molar-refractivity contribution >= 4 is 6.29 Å². The van der Waals surface area contributed by atoms with Gasteiger partial charge in [-0.2, -0.15) is 5.10 Å². The Balaban J connectivity index is 1.88. The third-order valence-corrected chi connectivity index (χ3v) is 4.85. The lowest BCUT2D eigenvalue weighted by Gasteiger charge is -2.10. The van der Waals surface area contributed by atoms with Crippen LogP contribution in [0.3, 0.4) is 0 Å². The third kappa shape index (κ3) is 5.62. The maximum Gasteiger partial charge on any atom is 0.150 e. The van der Waals surface area contributed by atoms with Crippen LogP contribution < -0.4 is 0 Å². The van der Waals surface area contributed by atoms with E-state index in [1.807, 2.05) is 22.9 Å².